The fourth-order valence-corrected chi connectivity index (χ4v) is 9.60. The predicted molar refractivity (Wildman–Crippen MR) is 213 cm³/mol. The molecule has 0 aromatic carbocycles. The maximum Gasteiger partial charge on any atom is 0.329 e. The monoisotopic (exact) mass is 805 g/mol. The number of allylic oxidation sites excluding steroid dienone is 3. The molecule has 14 atom stereocenters. The lowest BCUT2D eigenvalue weighted by Gasteiger charge is -2.47. The highest BCUT2D eigenvalue weighted by Crippen LogP contribution is 2.39. The van der Waals surface area contributed by atoms with Crippen LogP contribution in [-0.2, 0) is 42.9 Å². The van der Waals surface area contributed by atoms with Gasteiger partial charge in [0.25, 0.3) is 11.7 Å². The Morgan fingerprint density at radius 2 is 1.58 bits per heavy atom. The summed E-state index contributed by atoms with van der Waals surface area (Å²) in [6.45, 7) is 11.4. The summed E-state index contributed by atoms with van der Waals surface area (Å²) >= 11 is 0. The molecule has 3 fully saturated rings. The molecule has 0 aromatic heterocycles. The SMILES string of the molecule is CCC[C@H]1/C=C(/C)C[C@@H](C)C[C@@H](OC)[C@H]2O[C@@](O)(C(=O)C(=O)N3CCCCC3C(=O)O[C@H](/C(C)=C/[C@@H]3CC[C@@H](O)[C@H](OC)C3)[C@H](C)[C@@H](O)CC1=O)[C@H](C)C[C@@H]2OC. The molecular formula is C44H71NO12. The zero-order valence-electron chi connectivity index (χ0n) is 35.8. The summed E-state index contributed by atoms with van der Waals surface area (Å²) < 4.78 is 29.8. The van der Waals surface area contributed by atoms with Gasteiger partial charge in [-0.3, -0.25) is 14.4 Å². The molecule has 13 nitrogen and oxygen atoms in total. The second kappa shape index (κ2) is 21.1. The van der Waals surface area contributed by atoms with Crippen LogP contribution in [0.1, 0.15) is 119 Å². The average Bonchev–Trinajstić information content (AvgIpc) is 3.18. The van der Waals surface area contributed by atoms with E-state index in [2.05, 4.69) is 6.92 Å². The average molecular weight is 806 g/mol. The second-order valence-electron chi connectivity index (χ2n) is 17.5. The number of Topliss-reactive ketones (excluding diaryl/α,β-unsaturated/α-hetero) is 2. The van der Waals surface area contributed by atoms with Crippen molar-refractivity contribution in [3.05, 3.63) is 23.3 Å². The fourth-order valence-electron chi connectivity index (χ4n) is 9.60. The number of hydrogen-bond acceptors (Lipinski definition) is 12. The largest absolute Gasteiger partial charge is 0.456 e. The van der Waals surface area contributed by atoms with Crippen molar-refractivity contribution in [2.75, 3.05) is 27.9 Å². The van der Waals surface area contributed by atoms with Crippen LogP contribution in [-0.4, -0.2) is 126 Å². The summed E-state index contributed by atoms with van der Waals surface area (Å²) in [5.41, 5.74) is 1.67. The van der Waals surface area contributed by atoms with Crippen LogP contribution < -0.4 is 0 Å². The molecule has 324 valence electrons. The summed E-state index contributed by atoms with van der Waals surface area (Å²) in [5.74, 6) is -7.46. The van der Waals surface area contributed by atoms with Gasteiger partial charge in [-0.25, -0.2) is 4.79 Å². The Labute approximate surface area is 339 Å². The van der Waals surface area contributed by atoms with E-state index in [0.717, 1.165) is 12.0 Å². The molecule has 4 aliphatic rings. The van der Waals surface area contributed by atoms with E-state index in [0.29, 0.717) is 56.9 Å². The highest BCUT2D eigenvalue weighted by molar-refractivity contribution is 6.39. The zero-order chi connectivity index (χ0) is 42.2. The Balaban J connectivity index is 1.77. The van der Waals surface area contributed by atoms with Crippen molar-refractivity contribution in [1.82, 2.24) is 4.90 Å². The third kappa shape index (κ3) is 11.4. The van der Waals surface area contributed by atoms with E-state index < -0.39 is 83.9 Å². The first-order valence-electron chi connectivity index (χ1n) is 21.3. The van der Waals surface area contributed by atoms with E-state index in [1.807, 2.05) is 32.9 Å². The van der Waals surface area contributed by atoms with Crippen LogP contribution in [0.2, 0.25) is 0 Å². The number of amides is 1. The normalized spacial score (nSPS) is 41.1. The summed E-state index contributed by atoms with van der Waals surface area (Å²) in [4.78, 5) is 57.9. The molecule has 2 saturated heterocycles. The Morgan fingerprint density at radius 3 is 2.23 bits per heavy atom. The molecule has 0 spiro atoms. The molecule has 3 heterocycles. The van der Waals surface area contributed by atoms with Crippen LogP contribution in [0.3, 0.4) is 0 Å². The summed E-state index contributed by atoms with van der Waals surface area (Å²) in [6.07, 6.45) is 4.60. The van der Waals surface area contributed by atoms with Gasteiger partial charge in [0.15, 0.2) is 0 Å². The Kier molecular flexibility index (Phi) is 17.5. The van der Waals surface area contributed by atoms with Crippen molar-refractivity contribution >= 4 is 23.4 Å². The van der Waals surface area contributed by atoms with E-state index in [1.54, 1.807) is 21.0 Å². The molecule has 1 unspecified atom stereocenters. The molecule has 1 amide bonds. The first-order valence-corrected chi connectivity index (χ1v) is 21.3. The van der Waals surface area contributed by atoms with Crippen molar-refractivity contribution in [3.63, 3.8) is 0 Å². The highest BCUT2D eigenvalue weighted by atomic mass is 16.7. The van der Waals surface area contributed by atoms with Crippen LogP contribution in [0.4, 0.5) is 0 Å². The molecule has 0 radical (unpaired) electrons. The molecule has 1 saturated carbocycles. The number of hydrogen-bond donors (Lipinski definition) is 3. The fraction of sp³-hybridized carbons (Fsp3) is 0.818. The Morgan fingerprint density at radius 1 is 0.912 bits per heavy atom. The number of carbonyl (C=O) groups is 4. The van der Waals surface area contributed by atoms with E-state index in [-0.39, 0.29) is 49.5 Å². The van der Waals surface area contributed by atoms with Crippen LogP contribution in [0.5, 0.6) is 0 Å². The molecule has 4 rings (SSSR count). The lowest BCUT2D eigenvalue weighted by Crippen LogP contribution is -2.64. The maximum atomic E-state index is 14.3. The maximum absolute atomic E-state index is 14.3. The number of aliphatic hydroxyl groups excluding tert-OH is 2. The van der Waals surface area contributed by atoms with E-state index >= 15 is 0 Å². The Hall–Kier alpha value is -2.52. The topological polar surface area (TPSA) is 178 Å². The molecule has 3 N–H and O–H groups in total. The predicted octanol–water partition coefficient (Wildman–Crippen LogP) is 4.86. The van der Waals surface area contributed by atoms with Crippen LogP contribution in [0.25, 0.3) is 0 Å². The highest BCUT2D eigenvalue weighted by Gasteiger charge is 2.56. The van der Waals surface area contributed by atoms with Gasteiger partial charge >= 0.3 is 5.97 Å². The second-order valence-corrected chi connectivity index (χ2v) is 17.5. The molecule has 57 heavy (non-hydrogen) atoms. The van der Waals surface area contributed by atoms with E-state index in [4.69, 9.17) is 23.7 Å². The smallest absolute Gasteiger partial charge is 0.329 e. The number of esters is 1. The van der Waals surface area contributed by atoms with Crippen molar-refractivity contribution < 1.29 is 58.2 Å². The third-order valence-corrected chi connectivity index (χ3v) is 13.1. The number of aliphatic hydroxyl groups is 3. The minimum atomic E-state index is -2.50. The van der Waals surface area contributed by atoms with Gasteiger partial charge in [-0.1, -0.05) is 51.8 Å². The van der Waals surface area contributed by atoms with Gasteiger partial charge in [0, 0.05) is 52.0 Å². The number of rotatable bonds is 7. The minimum absolute atomic E-state index is 0.000416. The van der Waals surface area contributed by atoms with E-state index in [1.165, 1.54) is 19.1 Å². The summed E-state index contributed by atoms with van der Waals surface area (Å²) in [5, 5.41) is 34.2. The van der Waals surface area contributed by atoms with Gasteiger partial charge in [-0.2, -0.15) is 0 Å². The van der Waals surface area contributed by atoms with Crippen LogP contribution in [0, 0.1) is 29.6 Å². The van der Waals surface area contributed by atoms with Crippen molar-refractivity contribution in [3.8, 4) is 0 Å². The van der Waals surface area contributed by atoms with Gasteiger partial charge in [0.2, 0.25) is 5.79 Å². The van der Waals surface area contributed by atoms with Gasteiger partial charge in [0.05, 0.1) is 30.5 Å². The number of ketones is 2. The number of ether oxygens (including phenoxy) is 5. The summed E-state index contributed by atoms with van der Waals surface area (Å²) in [6, 6.07) is -1.13. The molecular weight excluding hydrogens is 734 g/mol. The third-order valence-electron chi connectivity index (χ3n) is 13.1. The van der Waals surface area contributed by atoms with Gasteiger partial charge in [-0.05, 0) is 95.5 Å². The molecule has 2 bridgehead atoms. The number of nitrogens with zero attached hydrogens (tertiary/aromatic N) is 1. The molecule has 13 heteroatoms. The lowest BCUT2D eigenvalue weighted by molar-refractivity contribution is -0.302. The first-order chi connectivity index (χ1) is 27.0. The minimum Gasteiger partial charge on any atom is -0.456 e. The first kappa shape index (κ1) is 47.2. The summed E-state index contributed by atoms with van der Waals surface area (Å²) in [7, 11) is 4.64. The zero-order valence-corrected chi connectivity index (χ0v) is 35.8. The lowest BCUT2D eigenvalue weighted by atomic mass is 9.81. The number of cyclic esters (lactones) is 1. The molecule has 0 aromatic rings. The van der Waals surface area contributed by atoms with Crippen molar-refractivity contribution in [2.24, 2.45) is 29.6 Å². The number of carbonyl (C=O) groups excluding carboxylic acids is 4. The number of methoxy groups -OCH3 is 3. The molecule has 3 aliphatic heterocycles. The van der Waals surface area contributed by atoms with Gasteiger partial charge < -0.3 is 43.9 Å². The Bertz CT molecular complexity index is 1450. The molecule has 1 aliphatic carbocycles. The van der Waals surface area contributed by atoms with E-state index in [9.17, 15) is 34.5 Å². The van der Waals surface area contributed by atoms with Gasteiger partial charge in [-0.15, -0.1) is 0 Å². The quantitative estimate of drug-likeness (QED) is 0.181. The number of fused-ring (bicyclic) bond motifs is 3. The van der Waals surface area contributed by atoms with Crippen LogP contribution >= 0.6 is 0 Å². The number of piperidine rings is 1. The van der Waals surface area contributed by atoms with Crippen molar-refractivity contribution in [2.45, 2.75) is 173 Å². The van der Waals surface area contributed by atoms with Gasteiger partial charge in [0.1, 0.15) is 24.0 Å². The van der Waals surface area contributed by atoms with Crippen molar-refractivity contribution in [1.29, 1.82) is 0 Å². The van der Waals surface area contributed by atoms with Crippen LogP contribution in [0.15, 0.2) is 23.3 Å². The standard InChI is InChI=1S/C44H71NO12/c1-10-13-31-19-25(2)18-26(3)20-37(54-8)40-38(55-9)22-28(5)44(52,57-40)41(49)42(50)45-17-12-11-14-32(45)43(51)56-39(29(6)34(47)24-35(31)48)27(4)21-30-15-16-33(46)36(23-30)53-7/h19,21,26,28-34,36-40,46-47,52H,10-18,20,22-24H2,1-9H3/b25-19-,27-21+/t26-,28-,29-,30+,31+,32?,33-,34+,36-,37-,38+,39-,40-,44-/m1/s1.